The van der Waals surface area contributed by atoms with Crippen molar-refractivity contribution in [1.29, 1.82) is 0 Å². The SMILES string of the molecule is CC12CCCCC1C(=CBr)C=C2C=O. The first kappa shape index (κ1) is 10.2. The molecule has 2 unspecified atom stereocenters. The van der Waals surface area contributed by atoms with E-state index in [-0.39, 0.29) is 5.41 Å². The van der Waals surface area contributed by atoms with Gasteiger partial charge in [-0.05, 0) is 34.9 Å². The molecular weight excluding hydrogens is 240 g/mol. The number of rotatable bonds is 1. The van der Waals surface area contributed by atoms with Gasteiger partial charge in [0.1, 0.15) is 6.29 Å². The molecule has 2 heteroatoms. The van der Waals surface area contributed by atoms with Crippen LogP contribution < -0.4 is 0 Å². The quantitative estimate of drug-likeness (QED) is 0.654. The Morgan fingerprint density at radius 3 is 3.00 bits per heavy atom. The van der Waals surface area contributed by atoms with Crippen molar-refractivity contribution in [2.75, 3.05) is 0 Å². The zero-order valence-corrected chi connectivity index (χ0v) is 10.0. The van der Waals surface area contributed by atoms with Gasteiger partial charge in [0.05, 0.1) is 0 Å². The lowest BCUT2D eigenvalue weighted by Crippen LogP contribution is -2.29. The molecule has 1 nitrogen and oxygen atoms in total. The number of allylic oxidation sites excluding steroid dienone is 3. The van der Waals surface area contributed by atoms with E-state index in [1.54, 1.807) is 0 Å². The molecule has 0 aromatic carbocycles. The van der Waals surface area contributed by atoms with Crippen molar-refractivity contribution in [3.63, 3.8) is 0 Å². The van der Waals surface area contributed by atoms with Crippen molar-refractivity contribution in [3.05, 3.63) is 22.2 Å². The van der Waals surface area contributed by atoms with Crippen LogP contribution in [0.25, 0.3) is 0 Å². The van der Waals surface area contributed by atoms with Gasteiger partial charge in [-0.15, -0.1) is 0 Å². The number of fused-ring (bicyclic) bond motifs is 1. The summed E-state index contributed by atoms with van der Waals surface area (Å²) in [7, 11) is 0. The van der Waals surface area contributed by atoms with Crippen LogP contribution >= 0.6 is 15.9 Å². The zero-order chi connectivity index (χ0) is 10.2. The Labute approximate surface area is 93.4 Å². The van der Waals surface area contributed by atoms with Crippen LogP contribution in [0, 0.1) is 11.3 Å². The van der Waals surface area contributed by atoms with Crippen molar-refractivity contribution in [2.24, 2.45) is 11.3 Å². The fourth-order valence-electron chi connectivity index (χ4n) is 2.93. The third-order valence-corrected chi connectivity index (χ3v) is 4.37. The molecule has 14 heavy (non-hydrogen) atoms. The Hall–Kier alpha value is -0.370. The topological polar surface area (TPSA) is 17.1 Å². The average Bonchev–Trinajstić information content (AvgIpc) is 2.50. The maximum Gasteiger partial charge on any atom is 0.146 e. The summed E-state index contributed by atoms with van der Waals surface area (Å²) in [6, 6.07) is 0. The van der Waals surface area contributed by atoms with E-state index in [2.05, 4.69) is 28.9 Å². The first-order chi connectivity index (χ1) is 6.72. The van der Waals surface area contributed by atoms with Gasteiger partial charge in [0.25, 0.3) is 0 Å². The van der Waals surface area contributed by atoms with Gasteiger partial charge in [0, 0.05) is 5.41 Å². The minimum absolute atomic E-state index is 0.125. The maximum absolute atomic E-state index is 11.0. The van der Waals surface area contributed by atoms with Crippen LogP contribution in [0.1, 0.15) is 32.6 Å². The molecule has 0 radical (unpaired) electrons. The predicted octanol–water partition coefficient (Wildman–Crippen LogP) is 3.60. The van der Waals surface area contributed by atoms with E-state index in [1.165, 1.54) is 24.8 Å². The number of hydrogen-bond donors (Lipinski definition) is 0. The number of halogens is 1. The Balaban J connectivity index is 2.41. The molecule has 2 aliphatic carbocycles. The summed E-state index contributed by atoms with van der Waals surface area (Å²) in [5.41, 5.74) is 2.42. The summed E-state index contributed by atoms with van der Waals surface area (Å²) >= 11 is 3.40. The van der Waals surface area contributed by atoms with Crippen LogP contribution in [-0.2, 0) is 4.79 Å². The highest BCUT2D eigenvalue weighted by atomic mass is 79.9. The Morgan fingerprint density at radius 2 is 2.36 bits per heavy atom. The monoisotopic (exact) mass is 254 g/mol. The summed E-state index contributed by atoms with van der Waals surface area (Å²) in [4.78, 5) is 13.0. The summed E-state index contributed by atoms with van der Waals surface area (Å²) in [6.45, 7) is 2.24. The maximum atomic E-state index is 11.0. The molecule has 0 aliphatic heterocycles. The van der Waals surface area contributed by atoms with Crippen molar-refractivity contribution in [1.82, 2.24) is 0 Å². The van der Waals surface area contributed by atoms with E-state index in [9.17, 15) is 4.79 Å². The van der Waals surface area contributed by atoms with E-state index in [4.69, 9.17) is 0 Å². The first-order valence-electron chi connectivity index (χ1n) is 5.20. The molecule has 1 saturated carbocycles. The van der Waals surface area contributed by atoms with Crippen molar-refractivity contribution < 1.29 is 4.79 Å². The third-order valence-electron chi connectivity index (χ3n) is 3.84. The van der Waals surface area contributed by atoms with Gasteiger partial charge >= 0.3 is 0 Å². The second kappa shape index (κ2) is 3.65. The smallest absolute Gasteiger partial charge is 0.146 e. The van der Waals surface area contributed by atoms with Crippen LogP contribution in [0.15, 0.2) is 22.2 Å². The second-order valence-electron chi connectivity index (χ2n) is 4.54. The highest BCUT2D eigenvalue weighted by Gasteiger charge is 2.44. The van der Waals surface area contributed by atoms with Gasteiger partial charge in [-0.2, -0.15) is 0 Å². The Morgan fingerprint density at radius 1 is 1.57 bits per heavy atom. The lowest BCUT2D eigenvalue weighted by atomic mass is 9.66. The first-order valence-corrected chi connectivity index (χ1v) is 6.11. The standard InChI is InChI=1S/C12H15BrO/c1-12-5-3-2-4-11(12)9(7-13)6-10(12)8-14/h6-8,11H,2-5H2,1H3. The van der Waals surface area contributed by atoms with E-state index >= 15 is 0 Å². The molecule has 0 bridgehead atoms. The van der Waals surface area contributed by atoms with Crippen molar-refractivity contribution in [3.8, 4) is 0 Å². The van der Waals surface area contributed by atoms with E-state index in [1.807, 2.05) is 4.99 Å². The van der Waals surface area contributed by atoms with Crippen molar-refractivity contribution >= 4 is 22.2 Å². The minimum atomic E-state index is 0.125. The van der Waals surface area contributed by atoms with Crippen LogP contribution in [0.3, 0.4) is 0 Å². The van der Waals surface area contributed by atoms with Crippen molar-refractivity contribution in [2.45, 2.75) is 32.6 Å². The van der Waals surface area contributed by atoms with Crippen LogP contribution in [0.4, 0.5) is 0 Å². The van der Waals surface area contributed by atoms with Gasteiger partial charge < -0.3 is 0 Å². The highest BCUT2D eigenvalue weighted by Crippen LogP contribution is 2.54. The summed E-state index contributed by atoms with van der Waals surface area (Å²) in [6.07, 6.45) is 8.05. The minimum Gasteiger partial charge on any atom is -0.298 e. The van der Waals surface area contributed by atoms with Gasteiger partial charge in [0.15, 0.2) is 0 Å². The molecule has 76 valence electrons. The van der Waals surface area contributed by atoms with E-state index in [0.29, 0.717) is 5.92 Å². The molecule has 0 spiro atoms. The lowest BCUT2D eigenvalue weighted by Gasteiger charge is -2.37. The Bertz CT molecular complexity index is 316. The lowest BCUT2D eigenvalue weighted by molar-refractivity contribution is -0.106. The van der Waals surface area contributed by atoms with E-state index in [0.717, 1.165) is 18.3 Å². The van der Waals surface area contributed by atoms with Crippen LogP contribution in [0.2, 0.25) is 0 Å². The Kier molecular flexibility index (Phi) is 2.65. The van der Waals surface area contributed by atoms with Gasteiger partial charge in [-0.1, -0.05) is 41.8 Å². The normalized spacial score (nSPS) is 39.4. The van der Waals surface area contributed by atoms with Gasteiger partial charge in [0.2, 0.25) is 0 Å². The summed E-state index contributed by atoms with van der Waals surface area (Å²) in [5.74, 6) is 0.566. The summed E-state index contributed by atoms with van der Waals surface area (Å²) < 4.78 is 0. The molecule has 0 heterocycles. The van der Waals surface area contributed by atoms with Gasteiger partial charge in [-0.25, -0.2) is 0 Å². The second-order valence-corrected chi connectivity index (χ2v) is 5.00. The molecule has 2 aliphatic rings. The summed E-state index contributed by atoms with van der Waals surface area (Å²) in [5, 5.41) is 0. The number of carbonyl (C=O) groups is 1. The number of aldehydes is 1. The number of hydrogen-bond acceptors (Lipinski definition) is 1. The average molecular weight is 255 g/mol. The number of carbonyl (C=O) groups excluding carboxylic acids is 1. The fraction of sp³-hybridized carbons (Fsp3) is 0.583. The zero-order valence-electron chi connectivity index (χ0n) is 8.42. The molecule has 0 N–H and O–H groups in total. The molecule has 0 amide bonds. The molecule has 0 saturated heterocycles. The molecule has 0 aromatic rings. The molecule has 0 aromatic heterocycles. The molecule has 1 fully saturated rings. The molecular formula is C12H15BrO. The van der Waals surface area contributed by atoms with Crippen LogP contribution in [-0.4, -0.2) is 6.29 Å². The highest BCUT2D eigenvalue weighted by molar-refractivity contribution is 9.11. The third kappa shape index (κ3) is 1.31. The fourth-order valence-corrected chi connectivity index (χ4v) is 3.39. The van der Waals surface area contributed by atoms with E-state index < -0.39 is 0 Å². The molecule has 2 atom stereocenters. The van der Waals surface area contributed by atoms with Gasteiger partial charge in [-0.3, -0.25) is 4.79 Å². The predicted molar refractivity (Wildman–Crippen MR) is 61.2 cm³/mol. The molecule has 2 rings (SSSR count). The van der Waals surface area contributed by atoms with Crippen LogP contribution in [0.5, 0.6) is 0 Å². The largest absolute Gasteiger partial charge is 0.298 e.